The Balaban J connectivity index is -0.0000000777. The molecule has 0 heterocycles. The van der Waals surface area contributed by atoms with Crippen LogP contribution in [0.5, 0.6) is 0 Å². The molecule has 0 radical (unpaired) electrons. The zero-order chi connectivity index (χ0) is 28.2. The van der Waals surface area contributed by atoms with Crippen LogP contribution in [0.1, 0.15) is 113 Å². The molecule has 0 amide bonds. The number of terminal acetylenes is 1. The van der Waals surface area contributed by atoms with Crippen LogP contribution in [0.2, 0.25) is 0 Å². The normalized spacial score (nSPS) is 11.1. The van der Waals surface area contributed by atoms with Crippen LogP contribution in [0.15, 0.2) is 48.1 Å². The van der Waals surface area contributed by atoms with E-state index in [9.17, 15) is 4.79 Å². The van der Waals surface area contributed by atoms with Crippen molar-refractivity contribution < 1.29 is 31.0 Å². The fourth-order valence-electron chi connectivity index (χ4n) is 2.03. The van der Waals surface area contributed by atoms with Crippen molar-refractivity contribution in [2.24, 2.45) is 5.73 Å². The van der Waals surface area contributed by atoms with Crippen molar-refractivity contribution in [2.75, 3.05) is 0 Å². The van der Waals surface area contributed by atoms with Crippen LogP contribution in [0.4, 0.5) is 0 Å². The Kier molecular flexibility index (Phi) is 67.2. The van der Waals surface area contributed by atoms with Gasteiger partial charge in [0.15, 0.2) is 0 Å². The number of hydrogen-bond acceptors (Lipinski definition) is 3. The molecule has 36 heavy (non-hydrogen) atoms. The molecule has 0 aromatic carbocycles. The van der Waals surface area contributed by atoms with Crippen molar-refractivity contribution >= 4 is 23.6 Å². The van der Waals surface area contributed by atoms with E-state index in [0.717, 1.165) is 25.7 Å². The minimum atomic E-state index is -0.910. The predicted molar refractivity (Wildman–Crippen MR) is 164 cm³/mol. The minimum absolute atomic E-state index is 0. The number of aliphatic carboxylic acids is 1. The van der Waals surface area contributed by atoms with Gasteiger partial charge in [-0.3, -0.25) is 4.79 Å². The predicted octanol–water partition coefficient (Wildman–Crippen LogP) is 9.32. The van der Waals surface area contributed by atoms with E-state index in [1.807, 2.05) is 26.8 Å². The van der Waals surface area contributed by atoms with Gasteiger partial charge in [-0.25, -0.2) is 0 Å². The molecular formula is C31H55NO2SW. The van der Waals surface area contributed by atoms with Gasteiger partial charge in [0.25, 0.3) is 0 Å². The van der Waals surface area contributed by atoms with Gasteiger partial charge in [0, 0.05) is 6.42 Å². The molecule has 1 atom stereocenters. The maximum absolute atomic E-state index is 9.96. The first-order chi connectivity index (χ1) is 16.8. The Hall–Kier alpha value is -1.27. The van der Waals surface area contributed by atoms with Gasteiger partial charge < -0.3 is 35.3 Å². The second-order valence-electron chi connectivity index (χ2n) is 7.34. The molecule has 0 fully saturated rings. The third-order valence-electron chi connectivity index (χ3n) is 3.63. The summed E-state index contributed by atoms with van der Waals surface area (Å²) in [6, 6.07) is -0.667. The zero-order valence-electron chi connectivity index (χ0n) is 24.2. The molecule has 0 bridgehead atoms. The van der Waals surface area contributed by atoms with Crippen molar-refractivity contribution in [1.82, 2.24) is 0 Å². The van der Waals surface area contributed by atoms with E-state index in [2.05, 4.69) is 87.7 Å². The van der Waals surface area contributed by atoms with Crippen molar-refractivity contribution in [3.05, 3.63) is 55.0 Å². The number of allylic oxidation sites excluding steroid dienone is 8. The van der Waals surface area contributed by atoms with Gasteiger partial charge in [-0.1, -0.05) is 102 Å². The molecular weight excluding hydrogens is 634 g/mol. The summed E-state index contributed by atoms with van der Waals surface area (Å²) in [6.07, 6.45) is 30.5. The average molecular weight is 690 g/mol. The monoisotopic (exact) mass is 689 g/mol. The first-order valence-electron chi connectivity index (χ1n) is 12.9. The number of carboxylic acid groups (broad SMARTS) is 1. The molecule has 208 valence electrons. The van der Waals surface area contributed by atoms with E-state index in [-0.39, 0.29) is 21.1 Å². The summed E-state index contributed by atoms with van der Waals surface area (Å²) < 4.78 is 0. The molecule has 1 rings (SSSR count). The molecule has 0 aliphatic heterocycles. The molecule has 3 nitrogen and oxygen atoms in total. The minimum Gasteiger partial charge on any atom is -0.480 e. The summed E-state index contributed by atoms with van der Waals surface area (Å²) >= 11 is 4.14. The molecule has 5 heteroatoms. The number of carbonyl (C=O) groups is 1. The van der Waals surface area contributed by atoms with Crippen molar-refractivity contribution in [2.45, 2.75) is 119 Å². The van der Waals surface area contributed by atoms with Gasteiger partial charge in [-0.15, -0.1) is 12.3 Å². The van der Waals surface area contributed by atoms with Gasteiger partial charge >= 0.3 is 27.0 Å². The molecule has 1 aliphatic rings. The summed E-state index contributed by atoms with van der Waals surface area (Å²) in [7, 11) is 0. The Labute approximate surface area is 245 Å². The fraction of sp³-hybridized carbons (Fsp3) is 0.581. The fourth-order valence-corrected chi connectivity index (χ4v) is 2.03. The van der Waals surface area contributed by atoms with Crippen LogP contribution in [0.25, 0.3) is 0 Å². The quantitative estimate of drug-likeness (QED) is 0.110. The Morgan fingerprint density at radius 2 is 1.78 bits per heavy atom. The zero-order valence-corrected chi connectivity index (χ0v) is 28.0. The second-order valence-corrected chi connectivity index (χ2v) is 7.75. The Morgan fingerprint density at radius 1 is 1.22 bits per heavy atom. The molecule has 0 saturated carbocycles. The van der Waals surface area contributed by atoms with Crippen LogP contribution in [0.3, 0.4) is 0 Å². The number of nitrogens with two attached hydrogens (primary N) is 1. The first-order valence-corrected chi connectivity index (χ1v) is 13.3. The van der Waals surface area contributed by atoms with Crippen LogP contribution in [-0.2, 0) is 25.9 Å². The molecule has 3 N–H and O–H groups in total. The number of thiocarbonyl (C=S) groups is 1. The summed E-state index contributed by atoms with van der Waals surface area (Å²) in [6.45, 7) is 17.6. The van der Waals surface area contributed by atoms with Crippen LogP contribution < -0.4 is 5.73 Å². The van der Waals surface area contributed by atoms with Gasteiger partial charge in [0.1, 0.15) is 6.04 Å². The number of hydrogen-bond donors (Lipinski definition) is 2. The molecule has 0 saturated heterocycles. The maximum atomic E-state index is 9.96. The summed E-state index contributed by atoms with van der Waals surface area (Å²) in [4.78, 5) is 9.96. The summed E-state index contributed by atoms with van der Waals surface area (Å²) in [5.41, 5.74) is 6.72. The second kappa shape index (κ2) is 50.6. The van der Waals surface area contributed by atoms with Crippen molar-refractivity contribution in [3.63, 3.8) is 0 Å². The first kappa shape index (κ1) is 47.9. The molecule has 0 spiro atoms. The number of carboxylic acids is 1. The standard InChI is InChI=1S/C8H12.C8H14.C5H11NO2.C5H8.C3H7.C2H3S.W/c1-2-5-8-6-3-4-7-8;1-3-5-7-8-6-4-2;1-2-3-4(6)5(7)8;1-3-5-4-2;1-3-2;1-2-3;/h3-4,6H,2,5,7H2,1H3;3,5,7-8H,4,6H2,1-2H3;4H,2-3,6H2,1H3,(H,7,8);1H,4-5H2,2H3;1,3H2,2H3;1H3;/q;;;;2*-1;+2/b;5-3+,8-7+;;;;;. The third kappa shape index (κ3) is 63.8. The molecule has 0 aromatic rings. The number of unbranched alkanes of at least 4 members (excludes halogenated alkanes) is 2. The Morgan fingerprint density at radius 3 is 2.03 bits per heavy atom. The van der Waals surface area contributed by atoms with Crippen LogP contribution in [0, 0.1) is 19.3 Å². The third-order valence-corrected chi connectivity index (χ3v) is 3.63. The maximum Gasteiger partial charge on any atom is 2.00 e. The smallest absolute Gasteiger partial charge is 0.480 e. The summed E-state index contributed by atoms with van der Waals surface area (Å²) in [5.74, 6) is 1.61. The van der Waals surface area contributed by atoms with E-state index in [1.165, 1.54) is 32.1 Å². The SMILES string of the molecule is C#CCCC.C/C=C/C=C/CCC.CCCC(N)C(=O)O.CCCC1=CC=CC1.C[C-]=S.[CH2-]CC.[W+2]. The van der Waals surface area contributed by atoms with E-state index < -0.39 is 12.0 Å². The van der Waals surface area contributed by atoms with Gasteiger partial charge in [0.2, 0.25) is 0 Å². The topological polar surface area (TPSA) is 63.3 Å². The number of rotatable bonds is 9. The van der Waals surface area contributed by atoms with E-state index in [4.69, 9.17) is 17.3 Å². The molecule has 1 aliphatic carbocycles. The van der Waals surface area contributed by atoms with Gasteiger partial charge in [-0.2, -0.15) is 13.3 Å². The largest absolute Gasteiger partial charge is 2.00 e. The van der Waals surface area contributed by atoms with Crippen LogP contribution in [-0.4, -0.2) is 22.5 Å². The summed E-state index contributed by atoms with van der Waals surface area (Å²) in [5, 5.41) is 10.5. The van der Waals surface area contributed by atoms with Crippen molar-refractivity contribution in [3.8, 4) is 12.3 Å². The molecule has 0 aromatic heterocycles. The van der Waals surface area contributed by atoms with Gasteiger partial charge in [-0.05, 0) is 39.0 Å². The average Bonchev–Trinajstić information content (AvgIpc) is 3.34. The Bertz CT molecular complexity index is 574. The van der Waals surface area contributed by atoms with Crippen LogP contribution >= 0.6 is 12.2 Å². The van der Waals surface area contributed by atoms with E-state index in [0.29, 0.717) is 6.42 Å². The van der Waals surface area contributed by atoms with E-state index >= 15 is 0 Å². The van der Waals surface area contributed by atoms with Crippen molar-refractivity contribution in [1.29, 1.82) is 0 Å². The molecule has 1 unspecified atom stereocenters. The van der Waals surface area contributed by atoms with E-state index in [1.54, 1.807) is 12.5 Å². The van der Waals surface area contributed by atoms with Gasteiger partial charge in [0.05, 0.1) is 0 Å².